The van der Waals surface area contributed by atoms with Crippen LogP contribution in [0.5, 0.6) is 0 Å². The first kappa shape index (κ1) is 46.9. The molecule has 6 heteroatoms. The van der Waals surface area contributed by atoms with Crippen LogP contribution in [0.25, 0.3) is 54.3 Å². The van der Waals surface area contributed by atoms with Gasteiger partial charge in [0.1, 0.15) is 11.2 Å². The lowest BCUT2D eigenvalue weighted by Gasteiger charge is -2.45. The summed E-state index contributed by atoms with van der Waals surface area (Å²) >= 11 is 1.85. The van der Waals surface area contributed by atoms with Gasteiger partial charge < -0.3 is 19.1 Å². The first-order chi connectivity index (χ1) is 42.5. The Morgan fingerprint density at radius 2 is 1.19 bits per heavy atom. The van der Waals surface area contributed by atoms with Crippen LogP contribution in [0.4, 0.5) is 51.2 Å². The molecule has 4 heterocycles. The SMILES string of the molecule is [2H]c1c([2H])c([2H])c(-c2cc3c4c(c2)N(c2cccc5oc6ccccc6c25)c2cc(N(c5ccc(C(C)(C)C)cc5)c5ccccc5-c5ccccc5)ccc2B4c2sc4ccc(C(C)(C)C)cc4c2N3c2ccc3c(c2)C(C)(C)CCC3(C)C)c([2H])c1[2H]. The molecule has 0 bridgehead atoms. The molecule has 2 aliphatic heterocycles. The smallest absolute Gasteiger partial charge is 0.264 e. The average Bonchev–Trinajstić information content (AvgIpc) is 1.68. The van der Waals surface area contributed by atoms with E-state index in [1.54, 1.807) is 0 Å². The van der Waals surface area contributed by atoms with E-state index in [2.05, 4.69) is 254 Å². The number of nitrogens with zero attached hydrogens (tertiary/aromatic N) is 3. The molecule has 4 nitrogen and oxygen atoms in total. The second-order valence-electron chi connectivity index (χ2n) is 26.8. The van der Waals surface area contributed by atoms with Crippen LogP contribution in [0.2, 0.25) is 0 Å². The van der Waals surface area contributed by atoms with Gasteiger partial charge in [-0.2, -0.15) is 0 Å². The number of fused-ring (bicyclic) bond motifs is 10. The van der Waals surface area contributed by atoms with Gasteiger partial charge in [0.05, 0.1) is 29.3 Å². The largest absolute Gasteiger partial charge is 0.456 e. The molecule has 0 spiro atoms. The summed E-state index contributed by atoms with van der Waals surface area (Å²) in [5, 5.41) is 3.05. The molecule has 0 atom stereocenters. The fourth-order valence-corrected chi connectivity index (χ4v) is 15.2. The minimum atomic E-state index is -0.429. The molecule has 0 radical (unpaired) electrons. The van der Waals surface area contributed by atoms with Gasteiger partial charge in [-0.15, -0.1) is 11.3 Å². The van der Waals surface area contributed by atoms with E-state index in [0.717, 1.165) is 113 Å². The molecule has 0 unspecified atom stereocenters. The number of para-hydroxylation sites is 2. The number of thiophene rings is 1. The van der Waals surface area contributed by atoms with Crippen molar-refractivity contribution in [1.29, 1.82) is 0 Å². The summed E-state index contributed by atoms with van der Waals surface area (Å²) in [6.07, 6.45) is 2.12. The molecule has 84 heavy (non-hydrogen) atoms. The van der Waals surface area contributed by atoms with Gasteiger partial charge in [0.2, 0.25) is 0 Å². The van der Waals surface area contributed by atoms with Gasteiger partial charge in [-0.3, -0.25) is 0 Å². The predicted octanol–water partition coefficient (Wildman–Crippen LogP) is 20.6. The van der Waals surface area contributed by atoms with E-state index in [0.29, 0.717) is 5.56 Å². The van der Waals surface area contributed by atoms with Crippen molar-refractivity contribution >= 4 is 117 Å². The number of hydrogen-bond donors (Lipinski definition) is 0. The van der Waals surface area contributed by atoms with Crippen molar-refractivity contribution in [3.05, 3.63) is 241 Å². The minimum absolute atomic E-state index is 0.0330. The molecule has 0 N–H and O–H groups in total. The van der Waals surface area contributed by atoms with E-state index in [-0.39, 0.29) is 58.1 Å². The second-order valence-corrected chi connectivity index (χ2v) is 27.9. The van der Waals surface area contributed by atoms with Gasteiger partial charge in [0, 0.05) is 59.9 Å². The predicted molar refractivity (Wildman–Crippen MR) is 361 cm³/mol. The molecule has 0 amide bonds. The number of benzene rings is 10. The minimum Gasteiger partial charge on any atom is -0.456 e. The third-order valence-electron chi connectivity index (χ3n) is 18.5. The Morgan fingerprint density at radius 3 is 1.95 bits per heavy atom. The highest BCUT2D eigenvalue weighted by atomic mass is 32.1. The van der Waals surface area contributed by atoms with Crippen molar-refractivity contribution in [2.75, 3.05) is 14.7 Å². The van der Waals surface area contributed by atoms with E-state index in [1.165, 1.54) is 31.7 Å². The molecular formula is C78H70BN3OS. The van der Waals surface area contributed by atoms with Crippen molar-refractivity contribution in [3.63, 3.8) is 0 Å². The number of hydrogen-bond acceptors (Lipinski definition) is 5. The van der Waals surface area contributed by atoms with Crippen LogP contribution in [0, 0.1) is 0 Å². The lowest BCUT2D eigenvalue weighted by Crippen LogP contribution is -2.60. The summed E-state index contributed by atoms with van der Waals surface area (Å²) in [6, 6.07) is 66.5. The van der Waals surface area contributed by atoms with Gasteiger partial charge in [0.15, 0.2) is 0 Å². The standard InChI is InChI=1S/C78H70BN3OS/c1-75(2,3)52-32-35-54(36-33-52)80(63-28-19-17-26-57(63)50-24-15-12-16-25-50)56-38-40-62-65(48-56)82(64-29-21-31-69-71(64)58-27-18-20-30-68(58)83-69)67-45-51(49-22-13-11-14-23-49)44-66-72(67)79(62)74-73(59-46-53(76(4,5)6)34-41-70(59)84-74)81(66)55-37-39-60-61(47-55)78(9,10)43-42-77(60,7)8/h11-41,44-48H,42-43H2,1-10H3/i11D,13D,14D,22D,23D. The average molecular weight is 1110 g/mol. The summed E-state index contributed by atoms with van der Waals surface area (Å²) < 4.78 is 55.8. The van der Waals surface area contributed by atoms with Crippen molar-refractivity contribution < 1.29 is 11.3 Å². The van der Waals surface area contributed by atoms with Crippen LogP contribution < -0.4 is 30.4 Å². The first-order valence-electron chi connectivity index (χ1n) is 32.2. The van der Waals surface area contributed by atoms with E-state index in [4.69, 9.17) is 5.79 Å². The highest BCUT2D eigenvalue weighted by molar-refractivity contribution is 7.33. The topological polar surface area (TPSA) is 22.9 Å². The highest BCUT2D eigenvalue weighted by Crippen LogP contribution is 2.55. The number of rotatable bonds is 7. The molecule has 0 saturated heterocycles. The number of furan rings is 1. The molecule has 0 saturated carbocycles. The van der Waals surface area contributed by atoms with E-state index in [1.807, 2.05) is 29.5 Å². The highest BCUT2D eigenvalue weighted by Gasteiger charge is 2.47. The molecule has 1 aliphatic carbocycles. The summed E-state index contributed by atoms with van der Waals surface area (Å²) in [5.74, 6) is 0. The van der Waals surface area contributed by atoms with Crippen LogP contribution in [-0.2, 0) is 21.7 Å². The van der Waals surface area contributed by atoms with Crippen molar-refractivity contribution in [2.24, 2.45) is 0 Å². The fourth-order valence-electron chi connectivity index (χ4n) is 13.9. The maximum atomic E-state index is 9.73. The molecule has 2 aromatic heterocycles. The summed E-state index contributed by atoms with van der Waals surface area (Å²) in [4.78, 5) is 7.26. The Bertz CT molecular complexity index is 4890. The normalized spacial score (nSPS) is 15.9. The Labute approximate surface area is 506 Å². The van der Waals surface area contributed by atoms with Crippen molar-refractivity contribution in [1.82, 2.24) is 0 Å². The lowest BCUT2D eigenvalue weighted by molar-refractivity contribution is 0.332. The van der Waals surface area contributed by atoms with Gasteiger partial charge in [-0.1, -0.05) is 203 Å². The van der Waals surface area contributed by atoms with Gasteiger partial charge in [0.25, 0.3) is 6.71 Å². The zero-order valence-electron chi connectivity index (χ0n) is 54.5. The van der Waals surface area contributed by atoms with Gasteiger partial charge >= 0.3 is 0 Å². The molecule has 10 aromatic carbocycles. The Kier molecular flexibility index (Phi) is 10.6. The third kappa shape index (κ3) is 8.30. The first-order valence-corrected chi connectivity index (χ1v) is 30.5. The third-order valence-corrected chi connectivity index (χ3v) is 19.7. The fraction of sp³-hybridized carbons (Fsp3) is 0.205. The monoisotopic (exact) mass is 1110 g/mol. The Balaban J connectivity index is 1.10. The molecule has 15 rings (SSSR count). The van der Waals surface area contributed by atoms with E-state index in [9.17, 15) is 5.48 Å². The number of anilines is 9. The van der Waals surface area contributed by atoms with Crippen LogP contribution in [-0.4, -0.2) is 6.71 Å². The molecule has 412 valence electrons. The molecule has 12 aromatic rings. The zero-order valence-corrected chi connectivity index (χ0v) is 50.4. The second kappa shape index (κ2) is 19.0. The Morgan fingerprint density at radius 1 is 0.524 bits per heavy atom. The molecule has 0 fully saturated rings. The van der Waals surface area contributed by atoms with E-state index >= 15 is 0 Å². The lowest BCUT2D eigenvalue weighted by atomic mass is 9.36. The molecular weight excluding hydrogens is 1040 g/mol. The van der Waals surface area contributed by atoms with Crippen molar-refractivity contribution in [2.45, 2.75) is 104 Å². The quantitative estimate of drug-likeness (QED) is 0.148. The van der Waals surface area contributed by atoms with Crippen molar-refractivity contribution in [3.8, 4) is 22.3 Å². The van der Waals surface area contributed by atoms with Crippen LogP contribution in [0.1, 0.15) is 111 Å². The van der Waals surface area contributed by atoms with Gasteiger partial charge in [-0.25, -0.2) is 0 Å². The maximum Gasteiger partial charge on any atom is 0.264 e. The van der Waals surface area contributed by atoms with Crippen LogP contribution >= 0.6 is 11.3 Å². The van der Waals surface area contributed by atoms with E-state index < -0.39 is 6.04 Å². The summed E-state index contributed by atoms with van der Waals surface area (Å²) in [5.41, 5.74) is 19.9. The summed E-state index contributed by atoms with van der Waals surface area (Å²) in [7, 11) is 0. The zero-order chi connectivity index (χ0) is 62.0. The maximum absolute atomic E-state index is 9.73. The Hall–Kier alpha value is -8.58. The summed E-state index contributed by atoms with van der Waals surface area (Å²) in [6.45, 7) is 22.8. The van der Waals surface area contributed by atoms with Gasteiger partial charge in [-0.05, 0) is 169 Å². The van der Waals surface area contributed by atoms with Crippen LogP contribution in [0.3, 0.4) is 0 Å². The molecule has 3 aliphatic rings. The van der Waals surface area contributed by atoms with Crippen LogP contribution in [0.15, 0.2) is 223 Å².